The summed E-state index contributed by atoms with van der Waals surface area (Å²) < 4.78 is 0. The van der Waals surface area contributed by atoms with Gasteiger partial charge in [0.1, 0.15) is 0 Å². The molecule has 0 aromatic rings. The smallest absolute Gasteiger partial charge is 0.315 e. The summed E-state index contributed by atoms with van der Waals surface area (Å²) in [5.74, 6) is 1.88. The molecule has 2 fully saturated rings. The van der Waals surface area contributed by atoms with Crippen molar-refractivity contribution in [1.82, 2.24) is 10.6 Å². The summed E-state index contributed by atoms with van der Waals surface area (Å²) in [5, 5.41) is 15.1. The van der Waals surface area contributed by atoms with Crippen molar-refractivity contribution < 1.29 is 9.90 Å². The molecule has 19 heavy (non-hydrogen) atoms. The molecule has 0 bridgehead atoms. The van der Waals surface area contributed by atoms with E-state index in [-0.39, 0.29) is 24.6 Å². The molecule has 4 nitrogen and oxygen atoms in total. The van der Waals surface area contributed by atoms with Gasteiger partial charge in [0, 0.05) is 18.7 Å². The Morgan fingerprint density at radius 3 is 2.58 bits per heavy atom. The number of amides is 2. The van der Waals surface area contributed by atoms with E-state index in [0.717, 1.165) is 24.7 Å². The van der Waals surface area contributed by atoms with Crippen LogP contribution in [0, 0.1) is 17.8 Å². The first kappa shape index (κ1) is 14.6. The van der Waals surface area contributed by atoms with Crippen molar-refractivity contribution in [2.45, 2.75) is 64.5 Å². The van der Waals surface area contributed by atoms with Gasteiger partial charge in [0.25, 0.3) is 0 Å². The van der Waals surface area contributed by atoms with Gasteiger partial charge in [-0.15, -0.1) is 0 Å². The van der Waals surface area contributed by atoms with E-state index in [1.54, 1.807) is 0 Å². The second-order valence-electron chi connectivity index (χ2n) is 6.53. The number of hydrogen-bond acceptors (Lipinski definition) is 2. The lowest BCUT2D eigenvalue weighted by Gasteiger charge is -2.30. The summed E-state index contributed by atoms with van der Waals surface area (Å²) in [6.07, 6.45) is 7.66. The van der Waals surface area contributed by atoms with Gasteiger partial charge in [-0.1, -0.05) is 19.8 Å². The van der Waals surface area contributed by atoms with Gasteiger partial charge in [-0.3, -0.25) is 0 Å². The Labute approximate surface area is 116 Å². The molecule has 2 saturated carbocycles. The highest BCUT2D eigenvalue weighted by atomic mass is 16.3. The van der Waals surface area contributed by atoms with Crippen LogP contribution in [0.1, 0.15) is 52.4 Å². The average Bonchev–Trinajstić information content (AvgIpc) is 3.22. The topological polar surface area (TPSA) is 61.4 Å². The Kier molecular flexibility index (Phi) is 5.08. The first-order chi connectivity index (χ1) is 9.10. The summed E-state index contributed by atoms with van der Waals surface area (Å²) >= 11 is 0. The molecule has 3 N–H and O–H groups in total. The molecular formula is C15H28N2O2. The molecule has 0 saturated heterocycles. The van der Waals surface area contributed by atoms with Gasteiger partial charge < -0.3 is 15.7 Å². The van der Waals surface area contributed by atoms with Crippen molar-refractivity contribution >= 4 is 6.03 Å². The Morgan fingerprint density at radius 1 is 1.21 bits per heavy atom. The van der Waals surface area contributed by atoms with Gasteiger partial charge in [0.2, 0.25) is 0 Å². The van der Waals surface area contributed by atoms with Crippen LogP contribution in [0.15, 0.2) is 0 Å². The number of urea groups is 1. The molecule has 4 unspecified atom stereocenters. The molecule has 2 aliphatic carbocycles. The first-order valence-corrected chi connectivity index (χ1v) is 7.78. The van der Waals surface area contributed by atoms with Gasteiger partial charge in [-0.25, -0.2) is 4.79 Å². The van der Waals surface area contributed by atoms with Crippen LogP contribution in [0.4, 0.5) is 4.79 Å². The van der Waals surface area contributed by atoms with Crippen LogP contribution in [0.25, 0.3) is 0 Å². The molecule has 0 aliphatic heterocycles. The van der Waals surface area contributed by atoms with E-state index in [9.17, 15) is 4.79 Å². The predicted octanol–water partition coefficient (Wildman–Crippen LogP) is 2.27. The highest BCUT2D eigenvalue weighted by Gasteiger charge is 2.35. The van der Waals surface area contributed by atoms with E-state index in [0.29, 0.717) is 6.04 Å². The predicted molar refractivity (Wildman–Crippen MR) is 75.8 cm³/mol. The third kappa shape index (κ3) is 4.37. The zero-order chi connectivity index (χ0) is 13.8. The molecule has 4 atom stereocenters. The van der Waals surface area contributed by atoms with E-state index in [4.69, 9.17) is 5.11 Å². The first-order valence-electron chi connectivity index (χ1n) is 7.78. The summed E-state index contributed by atoms with van der Waals surface area (Å²) in [4.78, 5) is 11.9. The minimum absolute atomic E-state index is 0.00724. The van der Waals surface area contributed by atoms with Crippen molar-refractivity contribution in [3.8, 4) is 0 Å². The third-order valence-corrected chi connectivity index (χ3v) is 4.84. The van der Waals surface area contributed by atoms with Crippen molar-refractivity contribution in [3.63, 3.8) is 0 Å². The largest absolute Gasteiger partial charge is 0.396 e. The fourth-order valence-electron chi connectivity index (χ4n) is 3.09. The normalized spacial score (nSPS) is 30.5. The molecule has 0 spiro atoms. The third-order valence-electron chi connectivity index (χ3n) is 4.84. The molecule has 0 radical (unpaired) electrons. The van der Waals surface area contributed by atoms with E-state index < -0.39 is 0 Å². The Hall–Kier alpha value is -0.770. The van der Waals surface area contributed by atoms with Crippen LogP contribution in [-0.2, 0) is 0 Å². The molecule has 2 aliphatic rings. The monoisotopic (exact) mass is 268 g/mol. The summed E-state index contributed by atoms with van der Waals surface area (Å²) in [5.41, 5.74) is 0. The van der Waals surface area contributed by atoms with Crippen LogP contribution >= 0.6 is 0 Å². The Balaban J connectivity index is 1.72. The lowest BCUT2D eigenvalue weighted by molar-refractivity contribution is 0.194. The maximum atomic E-state index is 11.9. The van der Waals surface area contributed by atoms with E-state index in [1.807, 2.05) is 13.8 Å². The van der Waals surface area contributed by atoms with Crippen molar-refractivity contribution in [3.05, 3.63) is 0 Å². The molecule has 4 heteroatoms. The van der Waals surface area contributed by atoms with E-state index in [2.05, 4.69) is 10.6 Å². The number of rotatable bonds is 5. The number of hydrogen-bond donors (Lipinski definition) is 3. The number of aliphatic hydroxyl groups is 1. The van der Waals surface area contributed by atoms with Gasteiger partial charge in [0.15, 0.2) is 0 Å². The number of aliphatic hydroxyl groups excluding tert-OH is 1. The van der Waals surface area contributed by atoms with Crippen molar-refractivity contribution in [2.24, 2.45) is 17.8 Å². The van der Waals surface area contributed by atoms with Gasteiger partial charge in [-0.2, -0.15) is 0 Å². The second kappa shape index (κ2) is 6.60. The molecule has 2 amide bonds. The van der Waals surface area contributed by atoms with Crippen LogP contribution < -0.4 is 10.6 Å². The Bertz CT molecular complexity index is 305. The van der Waals surface area contributed by atoms with Crippen LogP contribution in [0.3, 0.4) is 0 Å². The lowest BCUT2D eigenvalue weighted by atomic mass is 9.83. The van der Waals surface area contributed by atoms with Crippen LogP contribution in [0.5, 0.6) is 0 Å². The highest BCUT2D eigenvalue weighted by Crippen LogP contribution is 2.43. The molecule has 0 aromatic carbocycles. The molecule has 0 heterocycles. The van der Waals surface area contributed by atoms with Crippen molar-refractivity contribution in [2.75, 3.05) is 6.61 Å². The maximum absolute atomic E-state index is 11.9. The highest BCUT2D eigenvalue weighted by molar-refractivity contribution is 5.74. The zero-order valence-electron chi connectivity index (χ0n) is 12.2. The van der Waals surface area contributed by atoms with Gasteiger partial charge in [-0.05, 0) is 50.4 Å². The fourth-order valence-corrected chi connectivity index (χ4v) is 3.09. The average molecular weight is 268 g/mol. The maximum Gasteiger partial charge on any atom is 0.315 e. The number of carbonyl (C=O) groups excluding carboxylic acids is 1. The summed E-state index contributed by atoms with van der Waals surface area (Å²) in [7, 11) is 0. The molecule has 110 valence electrons. The SMILES string of the molecule is CC(CO)C(C)NC(=O)NC1CCCC(C2CC2)C1. The lowest BCUT2D eigenvalue weighted by Crippen LogP contribution is -2.48. The van der Waals surface area contributed by atoms with Crippen LogP contribution in [-0.4, -0.2) is 29.8 Å². The van der Waals surface area contributed by atoms with Crippen molar-refractivity contribution in [1.29, 1.82) is 0 Å². The number of nitrogens with one attached hydrogen (secondary N) is 2. The van der Waals surface area contributed by atoms with Crippen LogP contribution in [0.2, 0.25) is 0 Å². The summed E-state index contributed by atoms with van der Waals surface area (Å²) in [6.45, 7) is 3.98. The molecule has 0 aromatic heterocycles. The molecule has 2 rings (SSSR count). The van der Waals surface area contributed by atoms with Gasteiger partial charge >= 0.3 is 6.03 Å². The Morgan fingerprint density at radius 2 is 1.95 bits per heavy atom. The van der Waals surface area contributed by atoms with Gasteiger partial charge in [0.05, 0.1) is 0 Å². The summed E-state index contributed by atoms with van der Waals surface area (Å²) in [6, 6.07) is 0.276. The minimum atomic E-state index is -0.0748. The second-order valence-corrected chi connectivity index (χ2v) is 6.53. The van der Waals surface area contributed by atoms with E-state index in [1.165, 1.54) is 25.7 Å². The fraction of sp³-hybridized carbons (Fsp3) is 0.933. The minimum Gasteiger partial charge on any atom is -0.396 e. The standard InChI is InChI=1S/C15H28N2O2/c1-10(9-18)11(2)16-15(19)17-14-5-3-4-13(8-14)12-6-7-12/h10-14,18H,3-9H2,1-2H3,(H2,16,17,19). The van der Waals surface area contributed by atoms with E-state index >= 15 is 0 Å². The molecular weight excluding hydrogens is 240 g/mol. The quantitative estimate of drug-likeness (QED) is 0.716. The zero-order valence-corrected chi connectivity index (χ0v) is 12.2. The number of carbonyl (C=O) groups is 1.